The van der Waals surface area contributed by atoms with Crippen LogP contribution < -0.4 is 14.8 Å². The highest BCUT2D eigenvalue weighted by atomic mass is 16.5. The molecule has 1 heterocycles. The second-order valence-electron chi connectivity index (χ2n) is 5.52. The predicted octanol–water partition coefficient (Wildman–Crippen LogP) is 2.65. The number of para-hydroxylation sites is 2. The molecule has 2 aromatic carbocycles. The van der Waals surface area contributed by atoms with Crippen LogP contribution >= 0.6 is 0 Å². The number of hydrogen-bond donors (Lipinski definition) is 1. The van der Waals surface area contributed by atoms with Crippen molar-refractivity contribution in [1.29, 1.82) is 0 Å². The Morgan fingerprint density at radius 3 is 2.42 bits per heavy atom. The van der Waals surface area contributed by atoms with Crippen LogP contribution in [0, 0.1) is 6.92 Å². The van der Waals surface area contributed by atoms with Crippen LogP contribution in [0.5, 0.6) is 11.5 Å². The van der Waals surface area contributed by atoms with Gasteiger partial charge in [0.15, 0.2) is 30.5 Å². The quantitative estimate of drug-likeness (QED) is 0.670. The van der Waals surface area contributed by atoms with Crippen molar-refractivity contribution in [2.24, 2.45) is 0 Å². The topological polar surface area (TPSA) is 86.5 Å². The molecule has 7 nitrogen and oxygen atoms in total. The van der Waals surface area contributed by atoms with Crippen molar-refractivity contribution in [3.63, 3.8) is 0 Å². The smallest absolute Gasteiger partial charge is 0.264 e. The number of ether oxygens (including phenoxy) is 2. The summed E-state index contributed by atoms with van der Waals surface area (Å²) >= 11 is 0. The van der Waals surface area contributed by atoms with Gasteiger partial charge >= 0.3 is 0 Å². The maximum Gasteiger partial charge on any atom is 0.264 e. The summed E-state index contributed by atoms with van der Waals surface area (Å²) in [6.45, 7) is 2.21. The Balaban J connectivity index is 1.50. The molecule has 26 heavy (non-hydrogen) atoms. The van der Waals surface area contributed by atoms with E-state index in [4.69, 9.17) is 14.0 Å². The lowest BCUT2D eigenvalue weighted by Crippen LogP contribution is -2.28. The summed E-state index contributed by atoms with van der Waals surface area (Å²) in [7, 11) is 0. The van der Waals surface area contributed by atoms with Crippen molar-refractivity contribution >= 4 is 5.91 Å². The average Bonchev–Trinajstić information content (AvgIpc) is 3.10. The normalized spacial score (nSPS) is 10.3. The number of nitrogens with zero attached hydrogens (tertiary/aromatic N) is 2. The first-order valence-electron chi connectivity index (χ1n) is 8.15. The Morgan fingerprint density at radius 1 is 1.04 bits per heavy atom. The van der Waals surface area contributed by atoms with E-state index in [2.05, 4.69) is 15.5 Å². The van der Waals surface area contributed by atoms with Crippen LogP contribution in [0.4, 0.5) is 0 Å². The minimum atomic E-state index is -0.212. The van der Waals surface area contributed by atoms with Crippen LogP contribution in [-0.2, 0) is 17.9 Å². The molecule has 0 saturated heterocycles. The maximum atomic E-state index is 12.0. The fourth-order valence-electron chi connectivity index (χ4n) is 2.22. The lowest BCUT2D eigenvalue weighted by Gasteiger charge is -2.11. The Labute approximate surface area is 150 Å². The fourth-order valence-corrected chi connectivity index (χ4v) is 2.22. The number of benzene rings is 2. The van der Waals surface area contributed by atoms with E-state index in [9.17, 15) is 4.79 Å². The molecule has 134 valence electrons. The third kappa shape index (κ3) is 5.07. The summed E-state index contributed by atoms with van der Waals surface area (Å²) in [6, 6.07) is 16.8. The van der Waals surface area contributed by atoms with Gasteiger partial charge in [0.25, 0.3) is 11.8 Å². The summed E-state index contributed by atoms with van der Waals surface area (Å²) in [5.41, 5.74) is 1.03. The number of amides is 1. The highest BCUT2D eigenvalue weighted by molar-refractivity contribution is 5.77. The van der Waals surface area contributed by atoms with E-state index in [1.165, 1.54) is 0 Å². The molecule has 0 aliphatic heterocycles. The van der Waals surface area contributed by atoms with Crippen LogP contribution in [0.2, 0.25) is 0 Å². The standard InChI is InChI=1S/C19H19N3O4/c1-14-21-19(26-22-14)13-25-17-10-6-5-9-16(17)24-12-18(23)20-11-15-7-3-2-4-8-15/h2-10H,11-13H2,1H3,(H,20,23). The molecule has 0 aliphatic carbocycles. The first kappa shape index (κ1) is 17.5. The molecule has 1 amide bonds. The van der Waals surface area contributed by atoms with Gasteiger partial charge in [-0.3, -0.25) is 4.79 Å². The van der Waals surface area contributed by atoms with E-state index in [-0.39, 0.29) is 19.1 Å². The summed E-state index contributed by atoms with van der Waals surface area (Å²) in [4.78, 5) is 16.0. The fraction of sp³-hybridized carbons (Fsp3) is 0.211. The van der Waals surface area contributed by atoms with E-state index < -0.39 is 0 Å². The van der Waals surface area contributed by atoms with Crippen molar-refractivity contribution in [1.82, 2.24) is 15.5 Å². The Kier molecular flexibility index (Phi) is 5.82. The molecule has 0 radical (unpaired) electrons. The van der Waals surface area contributed by atoms with Gasteiger partial charge in [0.2, 0.25) is 0 Å². The molecule has 0 saturated carbocycles. The minimum Gasteiger partial charge on any atom is -0.480 e. The number of aryl methyl sites for hydroxylation is 1. The lowest BCUT2D eigenvalue weighted by atomic mass is 10.2. The molecule has 1 aromatic heterocycles. The van der Waals surface area contributed by atoms with Gasteiger partial charge in [0, 0.05) is 6.54 Å². The number of carbonyl (C=O) groups is 1. The van der Waals surface area contributed by atoms with Gasteiger partial charge in [-0.25, -0.2) is 0 Å². The van der Waals surface area contributed by atoms with Crippen LogP contribution in [0.25, 0.3) is 0 Å². The molecule has 0 unspecified atom stereocenters. The van der Waals surface area contributed by atoms with Crippen LogP contribution in [0.15, 0.2) is 59.1 Å². The molecule has 1 N–H and O–H groups in total. The van der Waals surface area contributed by atoms with Crippen LogP contribution in [-0.4, -0.2) is 22.7 Å². The Hall–Kier alpha value is -3.35. The average molecular weight is 353 g/mol. The largest absolute Gasteiger partial charge is 0.480 e. The predicted molar refractivity (Wildman–Crippen MR) is 93.6 cm³/mol. The number of nitrogens with one attached hydrogen (secondary N) is 1. The first-order chi connectivity index (χ1) is 12.7. The highest BCUT2D eigenvalue weighted by Crippen LogP contribution is 2.27. The molecule has 3 aromatic rings. The monoisotopic (exact) mass is 353 g/mol. The highest BCUT2D eigenvalue weighted by Gasteiger charge is 2.10. The molecule has 0 bridgehead atoms. The SMILES string of the molecule is Cc1noc(COc2ccccc2OCC(=O)NCc2ccccc2)n1. The number of aromatic nitrogens is 2. The van der Waals surface area contributed by atoms with Gasteiger partial charge < -0.3 is 19.3 Å². The van der Waals surface area contributed by atoms with Crippen LogP contribution in [0.1, 0.15) is 17.3 Å². The molecule has 3 rings (SSSR count). The van der Waals surface area contributed by atoms with E-state index in [1.54, 1.807) is 25.1 Å². The van der Waals surface area contributed by atoms with Crippen molar-refractivity contribution in [2.45, 2.75) is 20.1 Å². The molecule has 0 fully saturated rings. The second-order valence-corrected chi connectivity index (χ2v) is 5.52. The van der Waals surface area contributed by atoms with Gasteiger partial charge in [-0.05, 0) is 24.6 Å². The number of rotatable bonds is 8. The van der Waals surface area contributed by atoms with Gasteiger partial charge in [-0.2, -0.15) is 4.98 Å². The Bertz CT molecular complexity index is 849. The minimum absolute atomic E-state index is 0.104. The van der Waals surface area contributed by atoms with Crippen molar-refractivity contribution < 1.29 is 18.8 Å². The molecule has 0 aliphatic rings. The van der Waals surface area contributed by atoms with Crippen LogP contribution in [0.3, 0.4) is 0 Å². The molecule has 0 atom stereocenters. The van der Waals surface area contributed by atoms with Gasteiger partial charge in [0.05, 0.1) is 0 Å². The van der Waals surface area contributed by atoms with Crippen molar-refractivity contribution in [2.75, 3.05) is 6.61 Å². The van der Waals surface area contributed by atoms with Gasteiger partial charge in [-0.15, -0.1) is 0 Å². The zero-order valence-electron chi connectivity index (χ0n) is 14.3. The second kappa shape index (κ2) is 8.66. The Morgan fingerprint density at radius 2 is 1.73 bits per heavy atom. The van der Waals surface area contributed by atoms with E-state index in [0.29, 0.717) is 29.8 Å². The number of hydrogen-bond acceptors (Lipinski definition) is 6. The van der Waals surface area contributed by atoms with Gasteiger partial charge in [0.1, 0.15) is 0 Å². The number of carbonyl (C=O) groups excluding carboxylic acids is 1. The van der Waals surface area contributed by atoms with E-state index >= 15 is 0 Å². The van der Waals surface area contributed by atoms with E-state index in [0.717, 1.165) is 5.56 Å². The molecular weight excluding hydrogens is 334 g/mol. The first-order valence-corrected chi connectivity index (χ1v) is 8.15. The zero-order valence-corrected chi connectivity index (χ0v) is 14.3. The summed E-state index contributed by atoms with van der Waals surface area (Å²) in [6.07, 6.45) is 0. The van der Waals surface area contributed by atoms with E-state index in [1.807, 2.05) is 36.4 Å². The molecule has 0 spiro atoms. The third-order valence-electron chi connectivity index (χ3n) is 3.46. The lowest BCUT2D eigenvalue weighted by molar-refractivity contribution is -0.123. The molecule has 7 heteroatoms. The third-order valence-corrected chi connectivity index (χ3v) is 3.46. The van der Waals surface area contributed by atoms with Crippen molar-refractivity contribution in [3.8, 4) is 11.5 Å². The summed E-state index contributed by atoms with van der Waals surface area (Å²) in [5.74, 6) is 1.68. The molecular formula is C19H19N3O4. The maximum absolute atomic E-state index is 12.0. The van der Waals surface area contributed by atoms with Gasteiger partial charge in [-0.1, -0.05) is 47.6 Å². The van der Waals surface area contributed by atoms with Crippen molar-refractivity contribution in [3.05, 3.63) is 71.9 Å². The zero-order chi connectivity index (χ0) is 18.2. The summed E-state index contributed by atoms with van der Waals surface area (Å²) in [5, 5.41) is 6.52. The summed E-state index contributed by atoms with van der Waals surface area (Å²) < 4.78 is 16.2.